The molecule has 0 unspecified atom stereocenters. The highest BCUT2D eigenvalue weighted by Gasteiger charge is 2.16. The van der Waals surface area contributed by atoms with Crippen molar-refractivity contribution in [1.82, 2.24) is 15.1 Å². The summed E-state index contributed by atoms with van der Waals surface area (Å²) >= 11 is 3.04. The van der Waals surface area contributed by atoms with E-state index < -0.39 is 11.7 Å². The van der Waals surface area contributed by atoms with E-state index in [0.29, 0.717) is 6.54 Å². The Morgan fingerprint density at radius 1 is 1.61 bits per heavy atom. The lowest BCUT2D eigenvalue weighted by molar-refractivity contribution is 0.0522. The van der Waals surface area contributed by atoms with Gasteiger partial charge in [-0.1, -0.05) is 5.92 Å². The van der Waals surface area contributed by atoms with Gasteiger partial charge in [-0.3, -0.25) is 4.68 Å². The number of ether oxygens (including phenoxy) is 1. The molecule has 1 amide bonds. The first-order valence-electron chi connectivity index (χ1n) is 5.43. The molecule has 0 saturated heterocycles. The van der Waals surface area contributed by atoms with Crippen LogP contribution in [0.5, 0.6) is 0 Å². The number of amides is 1. The number of nitrogens with one attached hydrogen (secondary N) is 1. The Balaban J connectivity index is 2.65. The van der Waals surface area contributed by atoms with Crippen LogP contribution >= 0.6 is 15.9 Å². The number of aromatic nitrogens is 2. The van der Waals surface area contributed by atoms with E-state index >= 15 is 0 Å². The second kappa shape index (κ2) is 5.91. The third kappa shape index (κ3) is 4.41. The standard InChI is InChI=1S/C12H16BrN3O2/c1-12(2,3)18-11(17)14-8-10-9(5-6-13)7-15-16(10)4/h7H,8H2,1-4H3,(H,14,17). The first-order valence-corrected chi connectivity index (χ1v) is 6.22. The lowest BCUT2D eigenvalue weighted by atomic mass is 10.2. The highest BCUT2D eigenvalue weighted by atomic mass is 79.9. The molecular formula is C12H16BrN3O2. The Bertz CT molecular complexity index is 492. The summed E-state index contributed by atoms with van der Waals surface area (Å²) in [6.45, 7) is 5.78. The number of aryl methyl sites for hydroxylation is 1. The van der Waals surface area contributed by atoms with Crippen LogP contribution in [0.2, 0.25) is 0 Å². The third-order valence-electron chi connectivity index (χ3n) is 2.04. The molecule has 1 rings (SSSR count). The van der Waals surface area contributed by atoms with Crippen LogP contribution in [0.3, 0.4) is 0 Å². The number of rotatable bonds is 2. The van der Waals surface area contributed by atoms with Crippen LogP contribution in [0.4, 0.5) is 4.79 Å². The Kier molecular flexibility index (Phi) is 4.79. The van der Waals surface area contributed by atoms with E-state index in [1.165, 1.54) is 0 Å². The van der Waals surface area contributed by atoms with Crippen LogP contribution < -0.4 is 5.32 Å². The molecule has 0 fully saturated rings. The predicted octanol–water partition coefficient (Wildman–Crippen LogP) is 2.15. The van der Waals surface area contributed by atoms with Gasteiger partial charge < -0.3 is 10.1 Å². The monoisotopic (exact) mass is 313 g/mol. The molecule has 18 heavy (non-hydrogen) atoms. The summed E-state index contributed by atoms with van der Waals surface area (Å²) in [4.78, 5) is 14.2. The zero-order valence-corrected chi connectivity index (χ0v) is 12.5. The predicted molar refractivity (Wildman–Crippen MR) is 72.1 cm³/mol. The maximum absolute atomic E-state index is 11.5. The molecule has 1 N–H and O–H groups in total. The van der Waals surface area contributed by atoms with Crippen molar-refractivity contribution >= 4 is 22.0 Å². The largest absolute Gasteiger partial charge is 0.444 e. The van der Waals surface area contributed by atoms with Crippen molar-refractivity contribution in [2.45, 2.75) is 32.9 Å². The SMILES string of the molecule is Cn1ncc(C#CBr)c1CNC(=O)OC(C)(C)C. The lowest BCUT2D eigenvalue weighted by Gasteiger charge is -2.19. The van der Waals surface area contributed by atoms with Gasteiger partial charge in [-0.05, 0) is 25.6 Å². The first-order chi connectivity index (χ1) is 8.33. The fourth-order valence-electron chi connectivity index (χ4n) is 1.30. The van der Waals surface area contributed by atoms with Crippen LogP contribution in [0.25, 0.3) is 0 Å². The Morgan fingerprint density at radius 3 is 2.83 bits per heavy atom. The molecule has 0 bridgehead atoms. The molecule has 0 saturated carbocycles. The van der Waals surface area contributed by atoms with Crippen molar-refractivity contribution in [3.8, 4) is 10.8 Å². The molecule has 1 heterocycles. The summed E-state index contributed by atoms with van der Waals surface area (Å²) < 4.78 is 6.82. The van der Waals surface area contributed by atoms with Gasteiger partial charge in [-0.15, -0.1) is 0 Å². The van der Waals surface area contributed by atoms with E-state index in [1.54, 1.807) is 17.9 Å². The summed E-state index contributed by atoms with van der Waals surface area (Å²) in [6.07, 6.45) is 1.20. The molecule has 0 aliphatic heterocycles. The average molecular weight is 314 g/mol. The van der Waals surface area contributed by atoms with Gasteiger partial charge in [0.1, 0.15) is 5.60 Å². The Hall–Kier alpha value is -1.48. The summed E-state index contributed by atoms with van der Waals surface area (Å²) in [7, 11) is 1.80. The van der Waals surface area contributed by atoms with Gasteiger partial charge in [-0.2, -0.15) is 5.10 Å². The maximum Gasteiger partial charge on any atom is 0.407 e. The number of halogens is 1. The molecule has 0 radical (unpaired) electrons. The molecule has 98 valence electrons. The van der Waals surface area contributed by atoms with Gasteiger partial charge in [0.05, 0.1) is 24.0 Å². The second-order valence-electron chi connectivity index (χ2n) is 4.70. The fourth-order valence-corrected chi connectivity index (χ4v) is 1.51. The quantitative estimate of drug-likeness (QED) is 0.851. The highest BCUT2D eigenvalue weighted by molar-refractivity contribution is 9.12. The summed E-state index contributed by atoms with van der Waals surface area (Å²) in [5, 5.41) is 6.77. The average Bonchev–Trinajstić information content (AvgIpc) is 2.55. The van der Waals surface area contributed by atoms with Crippen molar-refractivity contribution in [3.05, 3.63) is 17.5 Å². The van der Waals surface area contributed by atoms with Gasteiger partial charge in [-0.25, -0.2) is 4.79 Å². The maximum atomic E-state index is 11.5. The number of nitrogens with zero attached hydrogens (tertiary/aromatic N) is 2. The molecule has 0 atom stereocenters. The van der Waals surface area contributed by atoms with Gasteiger partial charge >= 0.3 is 6.09 Å². The van der Waals surface area contributed by atoms with Crippen molar-refractivity contribution in [3.63, 3.8) is 0 Å². The van der Waals surface area contributed by atoms with Gasteiger partial charge in [0, 0.05) is 23.0 Å². The Labute approximate surface area is 115 Å². The van der Waals surface area contributed by atoms with E-state index in [4.69, 9.17) is 4.74 Å². The smallest absolute Gasteiger partial charge is 0.407 e. The van der Waals surface area contributed by atoms with E-state index in [9.17, 15) is 4.79 Å². The van der Waals surface area contributed by atoms with E-state index in [-0.39, 0.29) is 0 Å². The molecule has 0 aliphatic carbocycles. The zero-order valence-electron chi connectivity index (χ0n) is 10.9. The number of carbonyl (C=O) groups excluding carboxylic acids is 1. The van der Waals surface area contributed by atoms with E-state index in [1.807, 2.05) is 20.8 Å². The molecule has 0 spiro atoms. The van der Waals surface area contributed by atoms with E-state index in [2.05, 4.69) is 37.1 Å². The molecule has 1 aromatic rings. The molecule has 5 nitrogen and oxygen atoms in total. The first kappa shape index (κ1) is 14.6. The third-order valence-corrected chi connectivity index (χ3v) is 2.24. The van der Waals surface area contributed by atoms with Crippen LogP contribution in [0.1, 0.15) is 32.0 Å². The minimum absolute atomic E-state index is 0.322. The fraction of sp³-hybridized carbons (Fsp3) is 0.500. The number of alkyl carbamates (subject to hydrolysis) is 1. The summed E-state index contributed by atoms with van der Waals surface area (Å²) in [6, 6.07) is 0. The van der Waals surface area contributed by atoms with Crippen molar-refractivity contribution < 1.29 is 9.53 Å². The second-order valence-corrected chi connectivity index (χ2v) is 5.10. The lowest BCUT2D eigenvalue weighted by Crippen LogP contribution is -2.32. The minimum atomic E-state index is -0.505. The zero-order chi connectivity index (χ0) is 13.8. The molecular weight excluding hydrogens is 298 g/mol. The van der Waals surface area contributed by atoms with Gasteiger partial charge in [0.25, 0.3) is 0 Å². The van der Waals surface area contributed by atoms with Crippen LogP contribution in [-0.4, -0.2) is 21.5 Å². The molecule has 0 aromatic carbocycles. The van der Waals surface area contributed by atoms with Crippen LogP contribution in [0, 0.1) is 10.8 Å². The number of carbonyl (C=O) groups is 1. The Morgan fingerprint density at radius 2 is 2.28 bits per heavy atom. The van der Waals surface area contributed by atoms with Crippen LogP contribution in [0.15, 0.2) is 6.20 Å². The molecule has 0 aliphatic rings. The van der Waals surface area contributed by atoms with E-state index in [0.717, 1.165) is 11.3 Å². The highest BCUT2D eigenvalue weighted by Crippen LogP contribution is 2.08. The molecule has 1 aromatic heterocycles. The van der Waals surface area contributed by atoms with Crippen molar-refractivity contribution in [1.29, 1.82) is 0 Å². The normalized spacial score (nSPS) is 10.5. The minimum Gasteiger partial charge on any atom is -0.444 e. The molecule has 6 heteroatoms. The summed E-state index contributed by atoms with van der Waals surface area (Å²) in [5.41, 5.74) is 1.09. The number of hydrogen-bond donors (Lipinski definition) is 1. The topological polar surface area (TPSA) is 56.2 Å². The van der Waals surface area contributed by atoms with Crippen molar-refractivity contribution in [2.24, 2.45) is 7.05 Å². The van der Waals surface area contributed by atoms with Gasteiger partial charge in [0.2, 0.25) is 0 Å². The van der Waals surface area contributed by atoms with Crippen molar-refractivity contribution in [2.75, 3.05) is 0 Å². The number of hydrogen-bond acceptors (Lipinski definition) is 3. The summed E-state index contributed by atoms with van der Waals surface area (Å²) in [5.74, 6) is 2.86. The van der Waals surface area contributed by atoms with Gasteiger partial charge in [0.15, 0.2) is 0 Å². The van der Waals surface area contributed by atoms with Crippen LogP contribution in [-0.2, 0) is 18.3 Å².